The molecular weight excluding hydrogens is 572 g/mol. The fourth-order valence-electron chi connectivity index (χ4n) is 5.78. The lowest BCUT2D eigenvalue weighted by Gasteiger charge is -2.30. The average Bonchev–Trinajstić information content (AvgIpc) is 3.35. The molecule has 0 N–H and O–H groups in total. The van der Waals surface area contributed by atoms with E-state index in [-0.39, 0.29) is 24.9 Å². The summed E-state index contributed by atoms with van der Waals surface area (Å²) in [6, 6.07) is 22.2. The Morgan fingerprint density at radius 1 is 0.889 bits per heavy atom. The Kier molecular flexibility index (Phi) is 9.90. The molecule has 45 heavy (non-hydrogen) atoms. The lowest BCUT2D eigenvalue weighted by atomic mass is 9.98. The molecule has 3 aromatic rings. The van der Waals surface area contributed by atoms with Crippen LogP contribution in [0.4, 0.5) is 4.79 Å². The van der Waals surface area contributed by atoms with Crippen molar-refractivity contribution < 1.29 is 33.4 Å². The molecule has 1 saturated heterocycles. The SMILES string of the molecule is CN(OC1CCCCO1)C(=O)c1ccc(CC(C(=O)OC(C)(C)C)N(C)C(=O)OCC2c3ccccc3-c3ccccc32)cc1. The highest BCUT2D eigenvalue weighted by Gasteiger charge is 2.34. The second kappa shape index (κ2) is 13.8. The number of carbonyl (C=O) groups is 3. The van der Waals surface area contributed by atoms with Gasteiger partial charge in [-0.05, 0) is 73.6 Å². The molecule has 3 aromatic carbocycles. The largest absolute Gasteiger partial charge is 0.458 e. The molecular formula is C36H42N2O7. The molecule has 0 bridgehead atoms. The first kappa shape index (κ1) is 32.2. The van der Waals surface area contributed by atoms with Crippen molar-refractivity contribution in [3.05, 3.63) is 95.1 Å². The first-order chi connectivity index (χ1) is 21.5. The summed E-state index contributed by atoms with van der Waals surface area (Å²) in [6.45, 7) is 6.10. The quantitative estimate of drug-likeness (QED) is 0.205. The minimum atomic E-state index is -0.948. The number of benzene rings is 3. The van der Waals surface area contributed by atoms with Gasteiger partial charge < -0.3 is 14.2 Å². The van der Waals surface area contributed by atoms with Crippen LogP contribution in [0.3, 0.4) is 0 Å². The fourth-order valence-corrected chi connectivity index (χ4v) is 5.78. The zero-order chi connectivity index (χ0) is 32.1. The van der Waals surface area contributed by atoms with E-state index in [0.29, 0.717) is 12.2 Å². The van der Waals surface area contributed by atoms with Crippen LogP contribution in [-0.4, -0.2) is 73.2 Å². The van der Waals surface area contributed by atoms with E-state index in [1.807, 2.05) is 24.3 Å². The Balaban J connectivity index is 1.26. The highest BCUT2D eigenvalue weighted by molar-refractivity contribution is 5.93. The third-order valence-electron chi connectivity index (χ3n) is 8.10. The molecule has 1 aliphatic carbocycles. The van der Waals surface area contributed by atoms with E-state index in [4.69, 9.17) is 19.0 Å². The molecule has 5 rings (SSSR count). The van der Waals surface area contributed by atoms with Gasteiger partial charge in [-0.15, -0.1) is 0 Å². The molecule has 238 valence electrons. The smallest absolute Gasteiger partial charge is 0.410 e. The van der Waals surface area contributed by atoms with Crippen LogP contribution < -0.4 is 0 Å². The molecule has 9 heteroatoms. The molecule has 2 aliphatic rings. The lowest BCUT2D eigenvalue weighted by molar-refractivity contribution is -0.258. The Labute approximate surface area is 265 Å². The van der Waals surface area contributed by atoms with E-state index in [9.17, 15) is 14.4 Å². The molecule has 1 fully saturated rings. The zero-order valence-electron chi connectivity index (χ0n) is 26.7. The number of likely N-dealkylation sites (N-methyl/N-ethyl adjacent to an activating group) is 1. The first-order valence-corrected chi connectivity index (χ1v) is 15.5. The van der Waals surface area contributed by atoms with Gasteiger partial charge in [0.2, 0.25) is 0 Å². The minimum Gasteiger partial charge on any atom is -0.458 e. The number of hydrogen-bond donors (Lipinski definition) is 0. The molecule has 0 aromatic heterocycles. The first-order valence-electron chi connectivity index (χ1n) is 15.5. The van der Waals surface area contributed by atoms with E-state index < -0.39 is 30.0 Å². The van der Waals surface area contributed by atoms with Gasteiger partial charge in [-0.3, -0.25) is 9.69 Å². The van der Waals surface area contributed by atoms with Gasteiger partial charge in [0.25, 0.3) is 5.91 Å². The van der Waals surface area contributed by atoms with Gasteiger partial charge in [-0.25, -0.2) is 19.5 Å². The maximum Gasteiger partial charge on any atom is 0.410 e. The average molecular weight is 615 g/mol. The number of fused-ring (bicyclic) bond motifs is 3. The van der Waals surface area contributed by atoms with Crippen LogP contribution in [-0.2, 0) is 30.3 Å². The van der Waals surface area contributed by atoms with E-state index in [1.54, 1.807) is 59.1 Å². The van der Waals surface area contributed by atoms with Gasteiger partial charge in [-0.2, -0.15) is 0 Å². The van der Waals surface area contributed by atoms with Crippen molar-refractivity contribution in [2.45, 2.75) is 70.3 Å². The van der Waals surface area contributed by atoms with Crippen LogP contribution >= 0.6 is 0 Å². The lowest BCUT2D eigenvalue weighted by Crippen LogP contribution is -2.47. The molecule has 0 radical (unpaired) electrons. The van der Waals surface area contributed by atoms with Gasteiger partial charge in [0, 0.05) is 45.0 Å². The number of nitrogens with zero attached hydrogens (tertiary/aromatic N) is 2. The Bertz CT molecular complexity index is 1460. The molecule has 0 saturated carbocycles. The van der Waals surface area contributed by atoms with Gasteiger partial charge >= 0.3 is 12.1 Å². The highest BCUT2D eigenvalue weighted by atomic mass is 16.8. The predicted octanol–water partition coefficient (Wildman–Crippen LogP) is 6.35. The summed E-state index contributed by atoms with van der Waals surface area (Å²) in [4.78, 5) is 46.7. The van der Waals surface area contributed by atoms with Gasteiger partial charge in [0.15, 0.2) is 6.29 Å². The summed E-state index contributed by atoms with van der Waals surface area (Å²) in [6.07, 6.45) is 1.83. The number of esters is 1. The minimum absolute atomic E-state index is 0.105. The maximum atomic E-state index is 13.4. The van der Waals surface area contributed by atoms with E-state index in [2.05, 4.69) is 24.3 Å². The third kappa shape index (κ3) is 7.72. The third-order valence-corrected chi connectivity index (χ3v) is 8.10. The number of rotatable bonds is 9. The van der Waals surface area contributed by atoms with Crippen LogP contribution in [0.5, 0.6) is 0 Å². The zero-order valence-corrected chi connectivity index (χ0v) is 26.7. The van der Waals surface area contributed by atoms with Crippen LogP contribution in [0, 0.1) is 0 Å². The van der Waals surface area contributed by atoms with Gasteiger partial charge in [-0.1, -0.05) is 60.7 Å². The molecule has 1 heterocycles. The molecule has 2 unspecified atom stereocenters. The van der Waals surface area contributed by atoms with E-state index in [1.165, 1.54) is 9.96 Å². The number of ether oxygens (including phenoxy) is 3. The number of hydroxylamine groups is 2. The Morgan fingerprint density at radius 3 is 2.09 bits per heavy atom. The van der Waals surface area contributed by atoms with Gasteiger partial charge in [0.1, 0.15) is 18.2 Å². The summed E-state index contributed by atoms with van der Waals surface area (Å²) in [5.41, 5.74) is 4.91. The predicted molar refractivity (Wildman–Crippen MR) is 169 cm³/mol. The number of hydrogen-bond acceptors (Lipinski definition) is 7. The number of carbonyl (C=O) groups excluding carboxylic acids is 3. The summed E-state index contributed by atoms with van der Waals surface area (Å²) >= 11 is 0. The van der Waals surface area contributed by atoms with Crippen molar-refractivity contribution in [3.8, 4) is 11.1 Å². The molecule has 0 spiro atoms. The van der Waals surface area contributed by atoms with Gasteiger partial charge in [0.05, 0.1) is 0 Å². The highest BCUT2D eigenvalue weighted by Crippen LogP contribution is 2.44. The second-order valence-electron chi connectivity index (χ2n) is 12.6. The van der Waals surface area contributed by atoms with E-state index in [0.717, 1.165) is 47.1 Å². The second-order valence-corrected chi connectivity index (χ2v) is 12.6. The maximum absolute atomic E-state index is 13.4. The topological polar surface area (TPSA) is 94.6 Å². The van der Waals surface area contributed by atoms with Crippen LogP contribution in [0.25, 0.3) is 11.1 Å². The summed E-state index contributed by atoms with van der Waals surface area (Å²) < 4.78 is 17.1. The van der Waals surface area contributed by atoms with Crippen molar-refractivity contribution in [3.63, 3.8) is 0 Å². The monoisotopic (exact) mass is 614 g/mol. The van der Waals surface area contributed by atoms with Crippen molar-refractivity contribution >= 4 is 18.0 Å². The molecule has 9 nitrogen and oxygen atoms in total. The fraction of sp³-hybridized carbons (Fsp3) is 0.417. The molecule has 2 amide bonds. The van der Waals surface area contributed by atoms with E-state index >= 15 is 0 Å². The summed E-state index contributed by atoms with van der Waals surface area (Å²) in [5.74, 6) is -0.957. The van der Waals surface area contributed by atoms with Crippen molar-refractivity contribution in [1.82, 2.24) is 9.96 Å². The van der Waals surface area contributed by atoms with Crippen LogP contribution in [0.1, 0.15) is 73.0 Å². The molecule has 1 aliphatic heterocycles. The van der Waals surface area contributed by atoms with Crippen LogP contribution in [0.15, 0.2) is 72.8 Å². The van der Waals surface area contributed by atoms with Crippen molar-refractivity contribution in [2.75, 3.05) is 27.3 Å². The molecule has 2 atom stereocenters. The van der Waals surface area contributed by atoms with Crippen molar-refractivity contribution in [1.29, 1.82) is 0 Å². The summed E-state index contributed by atoms with van der Waals surface area (Å²) in [7, 11) is 3.11. The normalized spacial score (nSPS) is 16.7. The Morgan fingerprint density at radius 2 is 1.51 bits per heavy atom. The standard InChI is InChI=1S/C36H42N2O7/c1-36(2,3)44-34(40)31(22-24-17-19-25(20-18-24)33(39)38(5)45-32-16-10-11-21-42-32)37(4)35(41)43-23-30-28-14-8-6-12-26(28)27-13-7-9-15-29(27)30/h6-9,12-15,17-20,30-32H,10-11,16,21-23H2,1-5H3. The Hall–Kier alpha value is -4.21. The van der Waals surface area contributed by atoms with Crippen LogP contribution in [0.2, 0.25) is 0 Å². The summed E-state index contributed by atoms with van der Waals surface area (Å²) in [5, 5.41) is 1.19. The van der Waals surface area contributed by atoms with Crippen molar-refractivity contribution in [2.24, 2.45) is 0 Å². The number of amides is 2.